The molecule has 68 valence electrons. The Bertz CT molecular complexity index is 316. The van der Waals surface area contributed by atoms with Gasteiger partial charge in [-0.05, 0) is 47.2 Å². The molecule has 1 aromatic rings. The third-order valence-corrected chi connectivity index (χ3v) is 2.52. The molecule has 0 saturated carbocycles. The summed E-state index contributed by atoms with van der Waals surface area (Å²) in [4.78, 5) is 21.6. The molecule has 1 unspecified atom stereocenters. The van der Waals surface area contributed by atoms with Crippen molar-refractivity contribution in [3.63, 3.8) is 0 Å². The zero-order chi connectivity index (χ0) is 9.84. The molecule has 0 spiro atoms. The molecule has 13 heavy (non-hydrogen) atoms. The van der Waals surface area contributed by atoms with Gasteiger partial charge in [-0.2, -0.15) is 0 Å². The van der Waals surface area contributed by atoms with Gasteiger partial charge in [-0.3, -0.25) is 4.79 Å². The van der Waals surface area contributed by atoms with Crippen molar-refractivity contribution in [2.24, 2.45) is 0 Å². The molecule has 0 N–H and O–H groups in total. The zero-order valence-electron chi connectivity index (χ0n) is 7.16. The Labute approximate surface area is 90.5 Å². The molecular formula is C10H9IO2. The number of aldehydes is 1. The highest BCUT2D eigenvalue weighted by atomic mass is 127. The third-order valence-electron chi connectivity index (χ3n) is 1.80. The molecule has 0 aliphatic carbocycles. The van der Waals surface area contributed by atoms with Crippen molar-refractivity contribution in [2.75, 3.05) is 0 Å². The maximum atomic E-state index is 11.0. The van der Waals surface area contributed by atoms with Crippen LogP contribution in [-0.2, 0) is 9.59 Å². The quantitative estimate of drug-likeness (QED) is 0.485. The second-order valence-corrected chi connectivity index (χ2v) is 4.02. The van der Waals surface area contributed by atoms with Crippen LogP contribution in [0.25, 0.3) is 0 Å². The lowest BCUT2D eigenvalue weighted by atomic mass is 9.97. The molecule has 0 heterocycles. The second kappa shape index (κ2) is 4.50. The van der Waals surface area contributed by atoms with E-state index in [1.165, 1.54) is 6.92 Å². The lowest BCUT2D eigenvalue weighted by Crippen LogP contribution is -2.09. The molecule has 0 fully saturated rings. The highest BCUT2D eigenvalue weighted by molar-refractivity contribution is 14.1. The van der Waals surface area contributed by atoms with Crippen molar-refractivity contribution < 1.29 is 9.59 Å². The van der Waals surface area contributed by atoms with Gasteiger partial charge < -0.3 is 4.79 Å². The fraction of sp³-hybridized carbons (Fsp3) is 0.200. The minimum absolute atomic E-state index is 0.115. The first kappa shape index (κ1) is 10.4. The van der Waals surface area contributed by atoms with Crippen molar-refractivity contribution >= 4 is 34.7 Å². The van der Waals surface area contributed by atoms with Gasteiger partial charge in [-0.15, -0.1) is 0 Å². The van der Waals surface area contributed by atoms with Crippen molar-refractivity contribution in [1.29, 1.82) is 0 Å². The standard InChI is InChI=1S/C10H9IO2/c1-7(13)10(6-12)8-2-4-9(11)5-3-8/h2-6,10H,1H3. The van der Waals surface area contributed by atoms with E-state index in [9.17, 15) is 9.59 Å². The normalized spacial score (nSPS) is 12.2. The van der Waals surface area contributed by atoms with E-state index in [1.807, 2.05) is 24.3 Å². The largest absolute Gasteiger partial charge is 0.302 e. The minimum Gasteiger partial charge on any atom is -0.302 e. The molecule has 0 aliphatic rings. The van der Waals surface area contributed by atoms with E-state index in [4.69, 9.17) is 0 Å². The van der Waals surface area contributed by atoms with Crippen LogP contribution in [0.2, 0.25) is 0 Å². The van der Waals surface area contributed by atoms with Crippen LogP contribution in [0, 0.1) is 3.57 Å². The van der Waals surface area contributed by atoms with E-state index in [1.54, 1.807) is 0 Å². The van der Waals surface area contributed by atoms with Crippen molar-refractivity contribution in [1.82, 2.24) is 0 Å². The summed E-state index contributed by atoms with van der Waals surface area (Å²) in [6.07, 6.45) is 0.685. The Hall–Kier alpha value is -0.710. The number of carbonyl (C=O) groups is 2. The molecule has 0 bridgehead atoms. The number of ketones is 1. The number of carbonyl (C=O) groups excluding carboxylic acids is 2. The molecule has 0 saturated heterocycles. The maximum Gasteiger partial charge on any atom is 0.144 e. The van der Waals surface area contributed by atoms with Gasteiger partial charge in [-0.25, -0.2) is 0 Å². The van der Waals surface area contributed by atoms with E-state index in [-0.39, 0.29) is 5.78 Å². The lowest BCUT2D eigenvalue weighted by Gasteiger charge is -2.05. The van der Waals surface area contributed by atoms with Crippen LogP contribution < -0.4 is 0 Å². The van der Waals surface area contributed by atoms with Gasteiger partial charge in [0.05, 0.1) is 5.92 Å². The van der Waals surface area contributed by atoms with E-state index in [0.29, 0.717) is 6.29 Å². The van der Waals surface area contributed by atoms with Gasteiger partial charge in [-0.1, -0.05) is 12.1 Å². The summed E-state index contributed by atoms with van der Waals surface area (Å²) in [6, 6.07) is 7.38. The van der Waals surface area contributed by atoms with Crippen molar-refractivity contribution in [2.45, 2.75) is 12.8 Å². The first-order chi connectivity index (χ1) is 6.15. The third kappa shape index (κ3) is 2.62. The predicted octanol–water partition coefficient (Wildman–Crippen LogP) is 2.16. The first-order valence-electron chi connectivity index (χ1n) is 3.86. The summed E-state index contributed by atoms with van der Waals surface area (Å²) in [7, 11) is 0. The highest BCUT2D eigenvalue weighted by Crippen LogP contribution is 2.16. The molecule has 1 rings (SSSR count). The summed E-state index contributed by atoms with van der Waals surface area (Å²) in [5, 5.41) is 0. The predicted molar refractivity (Wildman–Crippen MR) is 58.6 cm³/mol. The first-order valence-corrected chi connectivity index (χ1v) is 4.94. The molecule has 3 heteroatoms. The van der Waals surface area contributed by atoms with E-state index < -0.39 is 5.92 Å². The van der Waals surface area contributed by atoms with Crippen LogP contribution >= 0.6 is 22.6 Å². The van der Waals surface area contributed by atoms with E-state index in [2.05, 4.69) is 22.6 Å². The SMILES string of the molecule is CC(=O)C(C=O)c1ccc(I)cc1. The average Bonchev–Trinajstić information content (AvgIpc) is 2.09. The lowest BCUT2D eigenvalue weighted by molar-refractivity contribution is -0.122. The summed E-state index contributed by atoms with van der Waals surface area (Å²) >= 11 is 2.18. The molecule has 0 aliphatic heterocycles. The maximum absolute atomic E-state index is 11.0. The van der Waals surface area contributed by atoms with Gasteiger partial charge >= 0.3 is 0 Å². The minimum atomic E-state index is -0.600. The van der Waals surface area contributed by atoms with Gasteiger partial charge in [0.15, 0.2) is 0 Å². The topological polar surface area (TPSA) is 34.1 Å². The van der Waals surface area contributed by atoms with Crippen LogP contribution in [0.15, 0.2) is 24.3 Å². The number of Topliss-reactive ketones (excluding diaryl/α,β-unsaturated/α-hetero) is 1. The Morgan fingerprint density at radius 3 is 2.31 bits per heavy atom. The smallest absolute Gasteiger partial charge is 0.144 e. The molecular weight excluding hydrogens is 279 g/mol. The number of benzene rings is 1. The van der Waals surface area contributed by atoms with Crippen LogP contribution in [0.1, 0.15) is 18.4 Å². The van der Waals surface area contributed by atoms with Crippen LogP contribution in [0.3, 0.4) is 0 Å². The summed E-state index contributed by atoms with van der Waals surface area (Å²) in [5.41, 5.74) is 0.767. The summed E-state index contributed by atoms with van der Waals surface area (Å²) < 4.78 is 1.09. The van der Waals surface area contributed by atoms with Crippen molar-refractivity contribution in [3.8, 4) is 0 Å². The van der Waals surface area contributed by atoms with Crippen LogP contribution in [0.5, 0.6) is 0 Å². The number of hydrogen-bond acceptors (Lipinski definition) is 2. The molecule has 0 aromatic heterocycles. The van der Waals surface area contributed by atoms with Crippen LogP contribution in [0.4, 0.5) is 0 Å². The van der Waals surface area contributed by atoms with Gasteiger partial charge in [0.1, 0.15) is 12.1 Å². The fourth-order valence-corrected chi connectivity index (χ4v) is 1.44. The molecule has 1 atom stereocenters. The highest BCUT2D eigenvalue weighted by Gasteiger charge is 2.14. The zero-order valence-corrected chi connectivity index (χ0v) is 9.32. The molecule has 1 aromatic carbocycles. The van der Waals surface area contributed by atoms with E-state index in [0.717, 1.165) is 9.13 Å². The Kier molecular flexibility index (Phi) is 3.59. The van der Waals surface area contributed by atoms with Gasteiger partial charge in [0.2, 0.25) is 0 Å². The van der Waals surface area contributed by atoms with Gasteiger partial charge in [0, 0.05) is 3.57 Å². The van der Waals surface area contributed by atoms with E-state index >= 15 is 0 Å². The second-order valence-electron chi connectivity index (χ2n) is 2.78. The monoisotopic (exact) mass is 288 g/mol. The number of rotatable bonds is 3. The summed E-state index contributed by atoms with van der Waals surface area (Å²) in [5.74, 6) is -0.715. The van der Waals surface area contributed by atoms with Gasteiger partial charge in [0.25, 0.3) is 0 Å². The Balaban J connectivity index is 2.99. The molecule has 0 amide bonds. The van der Waals surface area contributed by atoms with Crippen LogP contribution in [-0.4, -0.2) is 12.1 Å². The Morgan fingerprint density at radius 1 is 1.38 bits per heavy atom. The molecule has 2 nitrogen and oxygen atoms in total. The van der Waals surface area contributed by atoms with Crippen molar-refractivity contribution in [3.05, 3.63) is 33.4 Å². The summed E-state index contributed by atoms with van der Waals surface area (Å²) in [6.45, 7) is 1.43. The average molecular weight is 288 g/mol. The number of halogens is 1. The number of hydrogen-bond donors (Lipinski definition) is 0. The Morgan fingerprint density at radius 2 is 1.92 bits per heavy atom. The molecule has 0 radical (unpaired) electrons. The fourth-order valence-electron chi connectivity index (χ4n) is 1.08.